The van der Waals surface area contributed by atoms with Crippen LogP contribution >= 0.6 is 0 Å². The van der Waals surface area contributed by atoms with Gasteiger partial charge in [-0.15, -0.1) is 0 Å². The van der Waals surface area contributed by atoms with Crippen LogP contribution in [0.1, 0.15) is 17.3 Å². The molecule has 35 heavy (non-hydrogen) atoms. The van der Waals surface area contributed by atoms with Crippen molar-refractivity contribution in [1.29, 1.82) is 0 Å². The van der Waals surface area contributed by atoms with Gasteiger partial charge < -0.3 is 29.6 Å². The topological polar surface area (TPSA) is 112 Å². The molecule has 0 heterocycles. The number of benzene rings is 3. The zero-order valence-corrected chi connectivity index (χ0v) is 19.6. The first-order valence-corrected chi connectivity index (χ1v) is 10.7. The maximum absolute atomic E-state index is 12.4. The Balaban J connectivity index is 1.46. The minimum absolute atomic E-state index is 0.279. The molecule has 0 aliphatic carbocycles. The van der Waals surface area contributed by atoms with Crippen LogP contribution in [0.4, 0.5) is 5.69 Å². The van der Waals surface area contributed by atoms with E-state index >= 15 is 0 Å². The molecule has 3 aromatic carbocycles. The summed E-state index contributed by atoms with van der Waals surface area (Å²) >= 11 is 0. The Morgan fingerprint density at radius 1 is 0.829 bits per heavy atom. The zero-order chi connectivity index (χ0) is 25.2. The van der Waals surface area contributed by atoms with E-state index in [4.69, 9.17) is 18.9 Å². The summed E-state index contributed by atoms with van der Waals surface area (Å²) in [6, 6.07) is 20.7. The summed E-state index contributed by atoms with van der Waals surface area (Å²) in [4.78, 5) is 36.8. The lowest BCUT2D eigenvalue weighted by Crippen LogP contribution is -2.35. The molecule has 3 rings (SSSR count). The fourth-order valence-electron chi connectivity index (χ4n) is 3.00. The SMILES string of the molecule is COc1ccc(C(=O)NCC(=O)OC(C)C(=O)Nc2ccc(Oc3ccccc3)cc2)cc1OC. The minimum Gasteiger partial charge on any atom is -0.493 e. The van der Waals surface area contributed by atoms with E-state index in [1.165, 1.54) is 33.3 Å². The molecular weight excluding hydrogens is 452 g/mol. The van der Waals surface area contributed by atoms with Crippen LogP contribution in [0.15, 0.2) is 72.8 Å². The molecule has 9 nitrogen and oxygen atoms in total. The van der Waals surface area contributed by atoms with Crippen LogP contribution in [0.5, 0.6) is 23.0 Å². The van der Waals surface area contributed by atoms with Gasteiger partial charge in [0.2, 0.25) is 0 Å². The van der Waals surface area contributed by atoms with E-state index in [1.807, 2.05) is 30.3 Å². The Morgan fingerprint density at radius 2 is 1.49 bits per heavy atom. The number of carbonyl (C=O) groups is 3. The van der Waals surface area contributed by atoms with Crippen molar-refractivity contribution < 1.29 is 33.3 Å². The first-order chi connectivity index (χ1) is 16.9. The third-order valence-corrected chi connectivity index (χ3v) is 4.82. The molecule has 0 aliphatic rings. The summed E-state index contributed by atoms with van der Waals surface area (Å²) in [5.41, 5.74) is 0.793. The van der Waals surface area contributed by atoms with Crippen molar-refractivity contribution in [1.82, 2.24) is 5.32 Å². The third kappa shape index (κ3) is 7.23. The van der Waals surface area contributed by atoms with Gasteiger partial charge in [-0.1, -0.05) is 18.2 Å². The van der Waals surface area contributed by atoms with E-state index in [-0.39, 0.29) is 5.56 Å². The highest BCUT2D eigenvalue weighted by Crippen LogP contribution is 2.27. The van der Waals surface area contributed by atoms with Crippen LogP contribution in [0.3, 0.4) is 0 Å². The third-order valence-electron chi connectivity index (χ3n) is 4.82. The number of rotatable bonds is 10. The van der Waals surface area contributed by atoms with Gasteiger partial charge in [0.25, 0.3) is 11.8 Å². The molecule has 0 saturated heterocycles. The van der Waals surface area contributed by atoms with Gasteiger partial charge in [0.1, 0.15) is 18.0 Å². The number of hydrogen-bond donors (Lipinski definition) is 2. The number of esters is 1. The average Bonchev–Trinajstić information content (AvgIpc) is 2.88. The Bertz CT molecular complexity index is 1160. The first-order valence-electron chi connectivity index (χ1n) is 10.7. The van der Waals surface area contributed by atoms with Gasteiger partial charge >= 0.3 is 5.97 Å². The maximum Gasteiger partial charge on any atom is 0.326 e. The van der Waals surface area contributed by atoms with Gasteiger partial charge in [0, 0.05) is 11.3 Å². The van der Waals surface area contributed by atoms with Crippen molar-refractivity contribution in [2.45, 2.75) is 13.0 Å². The molecule has 182 valence electrons. The van der Waals surface area contributed by atoms with E-state index in [0.29, 0.717) is 28.7 Å². The molecule has 0 aromatic heterocycles. The molecule has 1 unspecified atom stereocenters. The number of nitrogens with one attached hydrogen (secondary N) is 2. The van der Waals surface area contributed by atoms with Gasteiger partial charge in [0.05, 0.1) is 14.2 Å². The summed E-state index contributed by atoms with van der Waals surface area (Å²) in [6.45, 7) is 1.03. The van der Waals surface area contributed by atoms with Gasteiger partial charge in [0.15, 0.2) is 17.6 Å². The standard InChI is InChI=1S/C26H26N2O7/c1-17(25(30)28-19-10-12-21(13-11-19)35-20-7-5-4-6-8-20)34-24(29)16-27-26(31)18-9-14-22(32-2)23(15-18)33-3/h4-15,17H,16H2,1-3H3,(H,27,31)(H,28,30). The molecule has 0 radical (unpaired) electrons. The van der Waals surface area contributed by atoms with Crippen LogP contribution < -0.4 is 24.8 Å². The smallest absolute Gasteiger partial charge is 0.326 e. The molecule has 1 atom stereocenters. The zero-order valence-electron chi connectivity index (χ0n) is 19.6. The Morgan fingerprint density at radius 3 is 2.14 bits per heavy atom. The number of hydrogen-bond acceptors (Lipinski definition) is 7. The van der Waals surface area contributed by atoms with Gasteiger partial charge in [-0.2, -0.15) is 0 Å². The molecule has 9 heteroatoms. The quantitative estimate of drug-likeness (QED) is 0.426. The first kappa shape index (κ1) is 25.1. The second kappa shape index (κ2) is 12.1. The fraction of sp³-hybridized carbons (Fsp3) is 0.192. The van der Waals surface area contributed by atoms with Crippen molar-refractivity contribution in [3.8, 4) is 23.0 Å². The van der Waals surface area contributed by atoms with Crippen molar-refractivity contribution >= 4 is 23.5 Å². The van der Waals surface area contributed by atoms with E-state index in [0.717, 1.165) is 0 Å². The predicted octanol–water partition coefficient (Wildman–Crippen LogP) is 3.80. The van der Waals surface area contributed by atoms with Crippen molar-refractivity contribution in [2.75, 3.05) is 26.1 Å². The maximum atomic E-state index is 12.4. The number of anilines is 1. The minimum atomic E-state index is -1.07. The normalized spacial score (nSPS) is 11.1. The Kier molecular flexibility index (Phi) is 8.66. The highest BCUT2D eigenvalue weighted by Gasteiger charge is 2.19. The summed E-state index contributed by atoms with van der Waals surface area (Å²) in [5.74, 6) is 0.392. The second-order valence-electron chi connectivity index (χ2n) is 7.31. The highest BCUT2D eigenvalue weighted by atomic mass is 16.5. The van der Waals surface area contributed by atoms with E-state index in [2.05, 4.69) is 10.6 Å². The van der Waals surface area contributed by atoms with Crippen molar-refractivity contribution in [3.63, 3.8) is 0 Å². The lowest BCUT2D eigenvalue weighted by Gasteiger charge is -2.14. The van der Waals surface area contributed by atoms with Crippen molar-refractivity contribution in [3.05, 3.63) is 78.4 Å². The summed E-state index contributed by atoms with van der Waals surface area (Å²) < 4.78 is 21.1. The van der Waals surface area contributed by atoms with Crippen LogP contribution in [0.25, 0.3) is 0 Å². The summed E-state index contributed by atoms with van der Waals surface area (Å²) in [7, 11) is 2.94. The molecule has 2 N–H and O–H groups in total. The number of ether oxygens (including phenoxy) is 4. The highest BCUT2D eigenvalue weighted by molar-refractivity contribution is 5.97. The lowest BCUT2D eigenvalue weighted by atomic mass is 10.2. The number of amides is 2. The second-order valence-corrected chi connectivity index (χ2v) is 7.31. The molecule has 0 aliphatic heterocycles. The number of carbonyl (C=O) groups excluding carboxylic acids is 3. The molecule has 0 saturated carbocycles. The fourth-order valence-corrected chi connectivity index (χ4v) is 3.00. The molecule has 2 amide bonds. The summed E-state index contributed by atoms with van der Waals surface area (Å²) in [6.07, 6.45) is -1.07. The van der Waals surface area contributed by atoms with Crippen LogP contribution in [-0.2, 0) is 14.3 Å². The van der Waals surface area contributed by atoms with Crippen LogP contribution in [0.2, 0.25) is 0 Å². The molecule has 0 fully saturated rings. The van der Waals surface area contributed by atoms with E-state index < -0.39 is 30.4 Å². The molecule has 0 spiro atoms. The van der Waals surface area contributed by atoms with Crippen molar-refractivity contribution in [2.24, 2.45) is 0 Å². The monoisotopic (exact) mass is 478 g/mol. The summed E-state index contributed by atoms with van der Waals surface area (Å²) in [5, 5.41) is 5.12. The average molecular weight is 479 g/mol. The largest absolute Gasteiger partial charge is 0.493 e. The van der Waals surface area contributed by atoms with Crippen LogP contribution in [-0.4, -0.2) is 44.7 Å². The van der Waals surface area contributed by atoms with Gasteiger partial charge in [-0.3, -0.25) is 14.4 Å². The van der Waals surface area contributed by atoms with Gasteiger partial charge in [-0.05, 0) is 61.5 Å². The van der Waals surface area contributed by atoms with Gasteiger partial charge in [-0.25, -0.2) is 0 Å². The molecular formula is C26H26N2O7. The van der Waals surface area contributed by atoms with Crippen LogP contribution in [0, 0.1) is 0 Å². The van der Waals surface area contributed by atoms with E-state index in [9.17, 15) is 14.4 Å². The lowest BCUT2D eigenvalue weighted by molar-refractivity contribution is -0.152. The molecule has 0 bridgehead atoms. The number of methoxy groups -OCH3 is 2. The predicted molar refractivity (Wildman–Crippen MR) is 129 cm³/mol. The van der Waals surface area contributed by atoms with E-state index in [1.54, 1.807) is 30.3 Å². The number of para-hydroxylation sites is 1. The molecule has 3 aromatic rings. The Labute approximate surface area is 203 Å². The Hall–Kier alpha value is -4.53.